The van der Waals surface area contributed by atoms with Crippen molar-refractivity contribution < 1.29 is 0 Å². The second-order valence-electron chi connectivity index (χ2n) is 3.25. The Hall–Kier alpha value is -0.120. The van der Waals surface area contributed by atoms with Gasteiger partial charge >= 0.3 is 0 Å². The Morgan fingerprint density at radius 1 is 0.538 bits per heavy atom. The molecule has 0 amide bonds. The predicted molar refractivity (Wildman–Crippen MR) is 59.2 cm³/mol. The molecule has 0 atom stereocenters. The third-order valence-electron chi connectivity index (χ3n) is 1.81. The lowest BCUT2D eigenvalue weighted by atomic mass is 10.4. The number of hydrogen-bond acceptors (Lipinski definition) is 3. The molecule has 0 fully saturated rings. The minimum absolute atomic E-state index is 1.08. The van der Waals surface area contributed by atoms with Gasteiger partial charge in [-0.1, -0.05) is 13.8 Å². The molecule has 0 saturated carbocycles. The Labute approximate surface area is 82.7 Å². The maximum absolute atomic E-state index is 3.38. The van der Waals surface area contributed by atoms with Crippen LogP contribution in [-0.4, -0.2) is 39.3 Å². The fourth-order valence-corrected chi connectivity index (χ4v) is 1.08. The molecular weight excluding hydrogens is 162 g/mol. The maximum atomic E-state index is 3.38. The minimum Gasteiger partial charge on any atom is -0.315 e. The van der Waals surface area contributed by atoms with Crippen LogP contribution in [0.15, 0.2) is 0 Å². The van der Waals surface area contributed by atoms with Gasteiger partial charge in [0.15, 0.2) is 0 Å². The van der Waals surface area contributed by atoms with Crippen molar-refractivity contribution in [1.82, 2.24) is 16.0 Å². The molecule has 3 nitrogen and oxygen atoms in total. The van der Waals surface area contributed by atoms with Crippen molar-refractivity contribution in [1.29, 1.82) is 0 Å². The van der Waals surface area contributed by atoms with E-state index >= 15 is 0 Å². The van der Waals surface area contributed by atoms with Crippen LogP contribution in [-0.2, 0) is 0 Å². The highest BCUT2D eigenvalue weighted by Crippen LogP contribution is 1.69. The molecule has 13 heavy (non-hydrogen) atoms. The normalized spacial score (nSPS) is 10.6. The van der Waals surface area contributed by atoms with Crippen molar-refractivity contribution in [3.8, 4) is 0 Å². The predicted octanol–water partition coefficient (Wildman–Crippen LogP) is 0.575. The van der Waals surface area contributed by atoms with Crippen LogP contribution in [0, 0.1) is 0 Å². The molecule has 3 N–H and O–H groups in total. The second-order valence-corrected chi connectivity index (χ2v) is 3.25. The maximum Gasteiger partial charge on any atom is 0.00772 e. The summed E-state index contributed by atoms with van der Waals surface area (Å²) in [6, 6.07) is 0. The SMILES string of the molecule is CCCNCCNCCNCCC. The molecule has 3 heteroatoms. The second kappa shape index (κ2) is 11.9. The molecule has 0 aromatic heterocycles. The molecule has 0 heterocycles. The van der Waals surface area contributed by atoms with Gasteiger partial charge < -0.3 is 16.0 Å². The summed E-state index contributed by atoms with van der Waals surface area (Å²) in [6.07, 6.45) is 2.44. The highest BCUT2D eigenvalue weighted by Gasteiger charge is 1.87. The molecule has 0 spiro atoms. The molecule has 0 rings (SSSR count). The van der Waals surface area contributed by atoms with E-state index in [1.165, 1.54) is 12.8 Å². The molecule has 0 aromatic rings. The lowest BCUT2D eigenvalue weighted by Gasteiger charge is -2.06. The summed E-state index contributed by atoms with van der Waals surface area (Å²) in [7, 11) is 0. The fraction of sp³-hybridized carbons (Fsp3) is 1.00. The van der Waals surface area contributed by atoms with Gasteiger partial charge in [0.05, 0.1) is 0 Å². The summed E-state index contributed by atoms with van der Waals surface area (Å²) in [6.45, 7) is 11.0. The monoisotopic (exact) mass is 187 g/mol. The third-order valence-corrected chi connectivity index (χ3v) is 1.81. The van der Waals surface area contributed by atoms with Crippen LogP contribution in [0.4, 0.5) is 0 Å². The van der Waals surface area contributed by atoms with Crippen molar-refractivity contribution >= 4 is 0 Å². The van der Waals surface area contributed by atoms with Gasteiger partial charge in [-0.15, -0.1) is 0 Å². The van der Waals surface area contributed by atoms with E-state index in [0.717, 1.165) is 39.3 Å². The Morgan fingerprint density at radius 2 is 0.846 bits per heavy atom. The highest BCUT2D eigenvalue weighted by atomic mass is 15.0. The van der Waals surface area contributed by atoms with E-state index in [0.29, 0.717) is 0 Å². The first-order chi connectivity index (χ1) is 6.41. The zero-order valence-electron chi connectivity index (χ0n) is 9.16. The molecule has 0 unspecified atom stereocenters. The van der Waals surface area contributed by atoms with Crippen molar-refractivity contribution in [3.05, 3.63) is 0 Å². The van der Waals surface area contributed by atoms with Crippen molar-refractivity contribution in [2.45, 2.75) is 26.7 Å². The molecule has 0 bridgehead atoms. The Bertz CT molecular complexity index is 76.2. The van der Waals surface area contributed by atoms with Crippen molar-refractivity contribution in [2.75, 3.05) is 39.3 Å². The van der Waals surface area contributed by atoms with Gasteiger partial charge in [0.25, 0.3) is 0 Å². The molecule has 80 valence electrons. The summed E-state index contributed by atoms with van der Waals surface area (Å²) in [4.78, 5) is 0. The van der Waals surface area contributed by atoms with Gasteiger partial charge in [0.1, 0.15) is 0 Å². The molecule has 0 aliphatic carbocycles. The van der Waals surface area contributed by atoms with E-state index in [4.69, 9.17) is 0 Å². The first-order valence-electron chi connectivity index (χ1n) is 5.54. The first-order valence-corrected chi connectivity index (χ1v) is 5.54. The van der Waals surface area contributed by atoms with E-state index in [1.807, 2.05) is 0 Å². The van der Waals surface area contributed by atoms with Crippen LogP contribution in [0.2, 0.25) is 0 Å². The molecule has 0 aliphatic rings. The van der Waals surface area contributed by atoms with Crippen LogP contribution in [0.3, 0.4) is 0 Å². The quantitative estimate of drug-likeness (QED) is 0.438. The van der Waals surface area contributed by atoms with Gasteiger partial charge in [-0.05, 0) is 25.9 Å². The summed E-state index contributed by atoms with van der Waals surface area (Å²) < 4.78 is 0. The van der Waals surface area contributed by atoms with E-state index in [9.17, 15) is 0 Å². The van der Waals surface area contributed by atoms with Gasteiger partial charge in [-0.2, -0.15) is 0 Å². The van der Waals surface area contributed by atoms with E-state index in [-0.39, 0.29) is 0 Å². The fourth-order valence-electron chi connectivity index (χ4n) is 1.08. The lowest BCUT2D eigenvalue weighted by molar-refractivity contribution is 0.577. The average molecular weight is 187 g/mol. The topological polar surface area (TPSA) is 36.1 Å². The summed E-state index contributed by atoms with van der Waals surface area (Å²) in [5.41, 5.74) is 0. The molecule has 0 aliphatic heterocycles. The van der Waals surface area contributed by atoms with Crippen LogP contribution >= 0.6 is 0 Å². The Morgan fingerprint density at radius 3 is 1.15 bits per heavy atom. The smallest absolute Gasteiger partial charge is 0.00772 e. The number of nitrogens with one attached hydrogen (secondary N) is 3. The van der Waals surface area contributed by atoms with Crippen molar-refractivity contribution in [3.63, 3.8) is 0 Å². The zero-order valence-corrected chi connectivity index (χ0v) is 9.16. The zero-order chi connectivity index (χ0) is 9.78. The third kappa shape index (κ3) is 11.9. The summed E-state index contributed by atoms with van der Waals surface area (Å²) in [5.74, 6) is 0. The average Bonchev–Trinajstić information content (AvgIpc) is 2.16. The summed E-state index contributed by atoms with van der Waals surface area (Å²) >= 11 is 0. The number of hydrogen-bond donors (Lipinski definition) is 3. The van der Waals surface area contributed by atoms with E-state index in [1.54, 1.807) is 0 Å². The Balaban J connectivity index is 2.76. The van der Waals surface area contributed by atoms with Crippen LogP contribution in [0.25, 0.3) is 0 Å². The van der Waals surface area contributed by atoms with Crippen LogP contribution < -0.4 is 16.0 Å². The minimum atomic E-state index is 1.08. The van der Waals surface area contributed by atoms with E-state index < -0.39 is 0 Å². The molecule has 0 aromatic carbocycles. The van der Waals surface area contributed by atoms with Crippen LogP contribution in [0.5, 0.6) is 0 Å². The standard InChI is InChI=1S/C10H25N3/c1-3-5-11-7-9-13-10-8-12-6-4-2/h11-13H,3-10H2,1-2H3. The van der Waals surface area contributed by atoms with Gasteiger partial charge in [0.2, 0.25) is 0 Å². The lowest BCUT2D eigenvalue weighted by Crippen LogP contribution is -2.33. The highest BCUT2D eigenvalue weighted by molar-refractivity contribution is 4.53. The number of rotatable bonds is 10. The van der Waals surface area contributed by atoms with Crippen LogP contribution in [0.1, 0.15) is 26.7 Å². The molecule has 0 radical (unpaired) electrons. The van der Waals surface area contributed by atoms with Gasteiger partial charge in [0, 0.05) is 26.2 Å². The largest absolute Gasteiger partial charge is 0.315 e. The van der Waals surface area contributed by atoms with Gasteiger partial charge in [-0.3, -0.25) is 0 Å². The Kier molecular flexibility index (Phi) is 11.8. The van der Waals surface area contributed by atoms with Gasteiger partial charge in [-0.25, -0.2) is 0 Å². The summed E-state index contributed by atoms with van der Waals surface area (Å²) in [5, 5.41) is 10.1. The van der Waals surface area contributed by atoms with E-state index in [2.05, 4.69) is 29.8 Å². The van der Waals surface area contributed by atoms with Crippen molar-refractivity contribution in [2.24, 2.45) is 0 Å². The molecule has 0 saturated heterocycles. The molecular formula is C10H25N3. The first kappa shape index (κ1) is 12.9.